The first-order valence-corrected chi connectivity index (χ1v) is 11.9. The van der Waals surface area contributed by atoms with E-state index in [1.807, 2.05) is 38.1 Å². The molecule has 1 aliphatic carbocycles. The van der Waals surface area contributed by atoms with E-state index < -0.39 is 18.0 Å². The quantitative estimate of drug-likeness (QED) is 0.596. The SMILES string of the molecule is CC(C)C[C@H](C(=O)O)[C@H](O)C[C@H]1CCCN1C(=O)OCC1c2ccccc2-c2ccccc21. The summed E-state index contributed by atoms with van der Waals surface area (Å²) in [6, 6.07) is 16.2. The minimum absolute atomic E-state index is 0.00424. The van der Waals surface area contributed by atoms with E-state index in [0.717, 1.165) is 24.0 Å². The number of aliphatic hydroxyl groups is 1. The number of fused-ring (bicyclic) bond motifs is 3. The van der Waals surface area contributed by atoms with Crippen LogP contribution in [0.3, 0.4) is 0 Å². The smallest absolute Gasteiger partial charge is 0.410 e. The maximum Gasteiger partial charge on any atom is 0.410 e. The summed E-state index contributed by atoms with van der Waals surface area (Å²) in [6.45, 7) is 4.71. The molecule has 6 heteroatoms. The largest absolute Gasteiger partial charge is 0.481 e. The van der Waals surface area contributed by atoms with Gasteiger partial charge in [0.25, 0.3) is 0 Å². The van der Waals surface area contributed by atoms with Gasteiger partial charge in [0.1, 0.15) is 6.61 Å². The number of rotatable bonds is 8. The number of carbonyl (C=O) groups is 2. The van der Waals surface area contributed by atoms with Gasteiger partial charge in [-0.3, -0.25) is 4.79 Å². The second-order valence-electron chi connectivity index (χ2n) is 9.67. The van der Waals surface area contributed by atoms with Crippen LogP contribution in [-0.4, -0.2) is 52.5 Å². The molecule has 0 aromatic heterocycles. The Morgan fingerprint density at radius 2 is 1.67 bits per heavy atom. The van der Waals surface area contributed by atoms with Crippen LogP contribution in [0, 0.1) is 11.8 Å². The number of hydrogen-bond acceptors (Lipinski definition) is 4. The van der Waals surface area contributed by atoms with E-state index in [2.05, 4.69) is 24.3 Å². The van der Waals surface area contributed by atoms with Crippen molar-refractivity contribution in [3.05, 3.63) is 59.7 Å². The zero-order valence-corrected chi connectivity index (χ0v) is 19.3. The van der Waals surface area contributed by atoms with E-state index in [0.29, 0.717) is 13.0 Å². The van der Waals surface area contributed by atoms with Gasteiger partial charge in [-0.25, -0.2) is 4.79 Å². The zero-order chi connectivity index (χ0) is 23.5. The minimum atomic E-state index is -0.989. The Balaban J connectivity index is 1.41. The Morgan fingerprint density at radius 3 is 2.24 bits per heavy atom. The summed E-state index contributed by atoms with van der Waals surface area (Å²) in [7, 11) is 0. The van der Waals surface area contributed by atoms with Gasteiger partial charge in [-0.05, 0) is 53.9 Å². The van der Waals surface area contributed by atoms with Gasteiger partial charge in [0.2, 0.25) is 0 Å². The fourth-order valence-electron chi connectivity index (χ4n) is 5.37. The molecule has 1 saturated heterocycles. The molecule has 2 aromatic rings. The van der Waals surface area contributed by atoms with Crippen molar-refractivity contribution in [3.63, 3.8) is 0 Å². The van der Waals surface area contributed by atoms with E-state index >= 15 is 0 Å². The van der Waals surface area contributed by atoms with Crippen molar-refractivity contribution < 1.29 is 24.5 Å². The number of carboxylic acids is 1. The predicted molar refractivity (Wildman–Crippen MR) is 126 cm³/mol. The average Bonchev–Trinajstić information content (AvgIpc) is 3.38. The first-order valence-electron chi connectivity index (χ1n) is 11.9. The molecule has 6 nitrogen and oxygen atoms in total. The number of aliphatic carboxylic acids is 1. The molecular weight excluding hydrogens is 418 g/mol. The molecule has 2 aromatic carbocycles. The van der Waals surface area contributed by atoms with Crippen LogP contribution in [0.4, 0.5) is 4.79 Å². The first kappa shape index (κ1) is 23.3. The monoisotopic (exact) mass is 451 g/mol. The maximum absolute atomic E-state index is 13.0. The lowest BCUT2D eigenvalue weighted by Gasteiger charge is -2.29. The van der Waals surface area contributed by atoms with E-state index in [-0.39, 0.29) is 37.0 Å². The second-order valence-corrected chi connectivity index (χ2v) is 9.67. The second kappa shape index (κ2) is 9.96. The molecule has 1 fully saturated rings. The van der Waals surface area contributed by atoms with Gasteiger partial charge in [0.05, 0.1) is 12.0 Å². The summed E-state index contributed by atoms with van der Waals surface area (Å²) in [6.07, 6.45) is 0.861. The number of carbonyl (C=O) groups excluding carboxylic acids is 1. The predicted octanol–water partition coefficient (Wildman–Crippen LogP) is 4.90. The Kier molecular flexibility index (Phi) is 7.03. The van der Waals surface area contributed by atoms with Crippen molar-refractivity contribution in [3.8, 4) is 11.1 Å². The van der Waals surface area contributed by atoms with E-state index in [9.17, 15) is 19.8 Å². The molecule has 1 amide bonds. The molecule has 4 rings (SSSR count). The Bertz CT molecular complexity index is 958. The lowest BCUT2D eigenvalue weighted by Crippen LogP contribution is -2.41. The van der Waals surface area contributed by atoms with Gasteiger partial charge in [0.15, 0.2) is 0 Å². The average molecular weight is 452 g/mol. The molecule has 0 spiro atoms. The molecular formula is C27H33NO5. The number of nitrogens with zero attached hydrogens (tertiary/aromatic N) is 1. The number of benzene rings is 2. The van der Waals surface area contributed by atoms with Crippen LogP contribution in [0.2, 0.25) is 0 Å². The van der Waals surface area contributed by atoms with Crippen molar-refractivity contribution in [2.24, 2.45) is 11.8 Å². The topological polar surface area (TPSA) is 87.1 Å². The Labute approximate surface area is 195 Å². The molecule has 2 aliphatic rings. The molecule has 0 radical (unpaired) electrons. The highest BCUT2D eigenvalue weighted by atomic mass is 16.6. The summed E-state index contributed by atoms with van der Waals surface area (Å²) in [5.74, 6) is -1.64. The number of likely N-dealkylation sites (tertiary alicyclic amines) is 1. The Hall–Kier alpha value is -2.86. The highest BCUT2D eigenvalue weighted by Crippen LogP contribution is 2.44. The molecule has 2 N–H and O–H groups in total. The van der Waals surface area contributed by atoms with Gasteiger partial charge < -0.3 is 19.8 Å². The number of amides is 1. The highest BCUT2D eigenvalue weighted by molar-refractivity contribution is 5.79. The van der Waals surface area contributed by atoms with Crippen LogP contribution in [0.5, 0.6) is 0 Å². The molecule has 1 heterocycles. The molecule has 33 heavy (non-hydrogen) atoms. The van der Waals surface area contributed by atoms with Crippen molar-refractivity contribution in [2.75, 3.05) is 13.2 Å². The number of aliphatic hydroxyl groups excluding tert-OH is 1. The van der Waals surface area contributed by atoms with Crippen molar-refractivity contribution in [1.29, 1.82) is 0 Å². The highest BCUT2D eigenvalue weighted by Gasteiger charge is 2.36. The van der Waals surface area contributed by atoms with E-state index in [1.165, 1.54) is 11.1 Å². The van der Waals surface area contributed by atoms with Crippen molar-refractivity contribution in [1.82, 2.24) is 4.90 Å². The molecule has 0 unspecified atom stereocenters. The molecule has 0 bridgehead atoms. The Morgan fingerprint density at radius 1 is 1.06 bits per heavy atom. The first-order chi connectivity index (χ1) is 15.9. The van der Waals surface area contributed by atoms with Crippen LogP contribution in [0.1, 0.15) is 56.6 Å². The summed E-state index contributed by atoms with van der Waals surface area (Å²) >= 11 is 0. The van der Waals surface area contributed by atoms with Crippen LogP contribution in [0.25, 0.3) is 11.1 Å². The number of carboxylic acid groups (broad SMARTS) is 1. The van der Waals surface area contributed by atoms with Crippen LogP contribution in [0.15, 0.2) is 48.5 Å². The van der Waals surface area contributed by atoms with E-state index in [1.54, 1.807) is 4.90 Å². The van der Waals surface area contributed by atoms with Gasteiger partial charge in [-0.1, -0.05) is 62.4 Å². The fourth-order valence-corrected chi connectivity index (χ4v) is 5.37. The van der Waals surface area contributed by atoms with Crippen molar-refractivity contribution in [2.45, 2.75) is 57.6 Å². The molecule has 1 aliphatic heterocycles. The molecule has 176 valence electrons. The van der Waals surface area contributed by atoms with Crippen LogP contribution in [-0.2, 0) is 9.53 Å². The summed E-state index contributed by atoms with van der Waals surface area (Å²) in [4.78, 5) is 26.3. The molecule has 3 atom stereocenters. The minimum Gasteiger partial charge on any atom is -0.481 e. The molecule has 0 saturated carbocycles. The lowest BCUT2D eigenvalue weighted by molar-refractivity contribution is -0.147. The van der Waals surface area contributed by atoms with Crippen molar-refractivity contribution >= 4 is 12.1 Å². The lowest BCUT2D eigenvalue weighted by atomic mass is 9.88. The van der Waals surface area contributed by atoms with Gasteiger partial charge in [-0.15, -0.1) is 0 Å². The van der Waals surface area contributed by atoms with Crippen LogP contribution < -0.4 is 0 Å². The van der Waals surface area contributed by atoms with Gasteiger partial charge >= 0.3 is 12.1 Å². The number of hydrogen-bond donors (Lipinski definition) is 2. The summed E-state index contributed by atoms with van der Waals surface area (Å²) < 4.78 is 5.80. The standard InChI is InChI=1S/C27H33NO5/c1-17(2)14-23(26(30)31)25(29)15-18-8-7-13-28(18)27(32)33-16-24-21-11-5-3-9-19(21)20-10-4-6-12-22(20)24/h3-6,9-12,17-18,23-25,29H,7-8,13-16H2,1-2H3,(H,30,31)/t18-,23+,25-/m1/s1. The third-order valence-electron chi connectivity index (χ3n) is 6.97. The number of ether oxygens (including phenoxy) is 1. The van der Waals surface area contributed by atoms with Gasteiger partial charge in [-0.2, -0.15) is 0 Å². The third kappa shape index (κ3) is 4.91. The normalized spacial score (nSPS) is 19.3. The third-order valence-corrected chi connectivity index (χ3v) is 6.97. The van der Waals surface area contributed by atoms with Crippen LogP contribution >= 0.6 is 0 Å². The zero-order valence-electron chi connectivity index (χ0n) is 19.3. The fraction of sp³-hybridized carbons (Fsp3) is 0.481. The van der Waals surface area contributed by atoms with Gasteiger partial charge in [0, 0.05) is 18.5 Å². The summed E-state index contributed by atoms with van der Waals surface area (Å²) in [5, 5.41) is 20.2. The van der Waals surface area contributed by atoms with E-state index in [4.69, 9.17) is 4.74 Å². The summed E-state index contributed by atoms with van der Waals surface area (Å²) in [5.41, 5.74) is 4.69. The maximum atomic E-state index is 13.0.